The molecule has 1 atom stereocenters. The molecule has 3 nitrogen and oxygen atoms in total. The molecule has 3 heterocycles. The van der Waals surface area contributed by atoms with Crippen LogP contribution in [0.5, 0.6) is 0 Å². The minimum absolute atomic E-state index is 0.390. The molecule has 1 unspecified atom stereocenters. The van der Waals surface area contributed by atoms with Crippen LogP contribution < -0.4 is 4.90 Å². The summed E-state index contributed by atoms with van der Waals surface area (Å²) in [5.41, 5.74) is 1.57. The molecular weight excluding hydrogens is 302 g/mol. The largest absolute Gasteiger partial charge is 0.356 e. The SMILES string of the molecule is CC1CCc2c(sc3nc(C(C)C)nc(N4CCCCC4)c23)C1. The van der Waals surface area contributed by atoms with Crippen molar-refractivity contribution in [2.24, 2.45) is 5.92 Å². The Hall–Kier alpha value is -1.16. The molecule has 0 saturated carbocycles. The summed E-state index contributed by atoms with van der Waals surface area (Å²) in [6.45, 7) is 9.10. The van der Waals surface area contributed by atoms with Gasteiger partial charge in [-0.05, 0) is 50.0 Å². The first-order chi connectivity index (χ1) is 11.1. The lowest BCUT2D eigenvalue weighted by Crippen LogP contribution is -2.31. The van der Waals surface area contributed by atoms with E-state index in [2.05, 4.69) is 25.7 Å². The number of hydrogen-bond acceptors (Lipinski definition) is 4. The Kier molecular flexibility index (Phi) is 4.04. The molecule has 0 bridgehead atoms. The van der Waals surface area contributed by atoms with Gasteiger partial charge in [0.1, 0.15) is 16.5 Å². The molecule has 0 amide bonds. The van der Waals surface area contributed by atoms with Crippen molar-refractivity contribution in [2.45, 2.75) is 65.2 Å². The van der Waals surface area contributed by atoms with Crippen molar-refractivity contribution in [3.8, 4) is 0 Å². The van der Waals surface area contributed by atoms with E-state index in [1.54, 1.807) is 10.4 Å². The van der Waals surface area contributed by atoms with Crippen molar-refractivity contribution in [1.29, 1.82) is 0 Å². The standard InChI is InChI=1S/C19H27N3S/c1-12(2)17-20-18(22-9-5-4-6-10-22)16-14-8-7-13(3)11-15(14)23-19(16)21-17/h12-13H,4-11H2,1-3H3. The Morgan fingerprint density at radius 1 is 1.13 bits per heavy atom. The van der Waals surface area contributed by atoms with E-state index in [9.17, 15) is 0 Å². The first-order valence-corrected chi connectivity index (χ1v) is 10.0. The lowest BCUT2D eigenvalue weighted by Gasteiger charge is -2.29. The normalized spacial score (nSPS) is 21.9. The Morgan fingerprint density at radius 2 is 1.91 bits per heavy atom. The van der Waals surface area contributed by atoms with E-state index in [1.807, 2.05) is 11.3 Å². The number of fused-ring (bicyclic) bond motifs is 3. The average Bonchev–Trinajstić information content (AvgIpc) is 2.91. The van der Waals surface area contributed by atoms with E-state index in [0.717, 1.165) is 24.8 Å². The van der Waals surface area contributed by atoms with Crippen molar-refractivity contribution in [3.63, 3.8) is 0 Å². The highest BCUT2D eigenvalue weighted by molar-refractivity contribution is 7.19. The van der Waals surface area contributed by atoms with Crippen molar-refractivity contribution in [2.75, 3.05) is 18.0 Å². The summed E-state index contributed by atoms with van der Waals surface area (Å²) in [4.78, 5) is 15.3. The van der Waals surface area contributed by atoms with Gasteiger partial charge in [0.05, 0.1) is 5.39 Å². The van der Waals surface area contributed by atoms with E-state index in [0.29, 0.717) is 5.92 Å². The predicted molar refractivity (Wildman–Crippen MR) is 98.8 cm³/mol. The number of thiophene rings is 1. The molecule has 124 valence electrons. The van der Waals surface area contributed by atoms with Crippen molar-refractivity contribution < 1.29 is 0 Å². The molecule has 0 radical (unpaired) electrons. The summed E-state index contributed by atoms with van der Waals surface area (Å²) in [5, 5.41) is 1.39. The molecule has 1 saturated heterocycles. The maximum atomic E-state index is 5.04. The van der Waals surface area contributed by atoms with E-state index >= 15 is 0 Å². The summed E-state index contributed by atoms with van der Waals surface area (Å²) >= 11 is 1.94. The summed E-state index contributed by atoms with van der Waals surface area (Å²) in [5.74, 6) is 3.46. The van der Waals surface area contributed by atoms with E-state index in [1.165, 1.54) is 54.6 Å². The number of rotatable bonds is 2. The molecule has 2 aliphatic rings. The Morgan fingerprint density at radius 3 is 2.65 bits per heavy atom. The van der Waals surface area contributed by atoms with Gasteiger partial charge in [-0.1, -0.05) is 20.8 Å². The number of aromatic nitrogens is 2. The van der Waals surface area contributed by atoms with Crippen LogP contribution in [0.4, 0.5) is 5.82 Å². The minimum atomic E-state index is 0.390. The summed E-state index contributed by atoms with van der Waals surface area (Å²) in [7, 11) is 0. The van der Waals surface area contributed by atoms with Gasteiger partial charge in [0.15, 0.2) is 0 Å². The van der Waals surface area contributed by atoms with Gasteiger partial charge in [-0.15, -0.1) is 11.3 Å². The maximum Gasteiger partial charge on any atom is 0.141 e. The third-order valence-electron chi connectivity index (χ3n) is 5.33. The van der Waals surface area contributed by atoms with Gasteiger partial charge in [-0.2, -0.15) is 0 Å². The average molecular weight is 330 g/mol. The first-order valence-electron chi connectivity index (χ1n) is 9.20. The molecule has 1 fully saturated rings. The number of piperidine rings is 1. The van der Waals surface area contributed by atoms with Gasteiger partial charge in [0, 0.05) is 23.9 Å². The van der Waals surface area contributed by atoms with Crippen LogP contribution >= 0.6 is 11.3 Å². The van der Waals surface area contributed by atoms with Gasteiger partial charge in [-0.3, -0.25) is 0 Å². The monoisotopic (exact) mass is 329 g/mol. The first kappa shape index (κ1) is 15.4. The molecule has 0 N–H and O–H groups in total. The second kappa shape index (κ2) is 6.04. The lowest BCUT2D eigenvalue weighted by atomic mass is 9.89. The van der Waals surface area contributed by atoms with E-state index in [4.69, 9.17) is 9.97 Å². The van der Waals surface area contributed by atoms with Gasteiger partial charge < -0.3 is 4.90 Å². The summed E-state index contributed by atoms with van der Waals surface area (Å²) in [6, 6.07) is 0. The van der Waals surface area contributed by atoms with E-state index < -0.39 is 0 Å². The molecule has 1 aliphatic carbocycles. The molecular formula is C19H27N3S. The summed E-state index contributed by atoms with van der Waals surface area (Å²) in [6.07, 6.45) is 7.71. The maximum absolute atomic E-state index is 5.04. The predicted octanol–water partition coefficient (Wildman–Crippen LogP) is 4.93. The zero-order valence-corrected chi connectivity index (χ0v) is 15.4. The highest BCUT2D eigenvalue weighted by atomic mass is 32.1. The molecule has 1 aliphatic heterocycles. The van der Waals surface area contributed by atoms with Crippen LogP contribution in [0, 0.1) is 5.92 Å². The van der Waals surface area contributed by atoms with Crippen LogP contribution in [0.15, 0.2) is 0 Å². The molecule has 4 heteroatoms. The zero-order chi connectivity index (χ0) is 16.0. The molecule has 2 aromatic heterocycles. The van der Waals surface area contributed by atoms with Gasteiger partial charge in [0.25, 0.3) is 0 Å². The fourth-order valence-electron chi connectivity index (χ4n) is 3.93. The van der Waals surface area contributed by atoms with E-state index in [-0.39, 0.29) is 0 Å². The highest BCUT2D eigenvalue weighted by Gasteiger charge is 2.26. The van der Waals surface area contributed by atoms with Crippen LogP contribution in [-0.2, 0) is 12.8 Å². The Labute approximate surface area is 143 Å². The van der Waals surface area contributed by atoms with Crippen molar-refractivity contribution >= 4 is 27.4 Å². The van der Waals surface area contributed by atoms with Gasteiger partial charge in [0.2, 0.25) is 0 Å². The van der Waals surface area contributed by atoms with Crippen LogP contribution in [0.1, 0.15) is 68.6 Å². The minimum Gasteiger partial charge on any atom is -0.356 e. The fraction of sp³-hybridized carbons (Fsp3) is 0.684. The van der Waals surface area contributed by atoms with Crippen molar-refractivity contribution in [3.05, 3.63) is 16.3 Å². The smallest absolute Gasteiger partial charge is 0.141 e. The number of anilines is 1. The second-order valence-electron chi connectivity index (χ2n) is 7.64. The third kappa shape index (κ3) is 2.75. The Balaban J connectivity index is 1.90. The molecule has 0 spiro atoms. The van der Waals surface area contributed by atoms with Crippen LogP contribution in [0.3, 0.4) is 0 Å². The lowest BCUT2D eigenvalue weighted by molar-refractivity contribution is 0.509. The van der Waals surface area contributed by atoms with Gasteiger partial charge in [-0.25, -0.2) is 9.97 Å². The van der Waals surface area contributed by atoms with Crippen molar-refractivity contribution in [1.82, 2.24) is 9.97 Å². The second-order valence-corrected chi connectivity index (χ2v) is 8.72. The zero-order valence-electron chi connectivity index (χ0n) is 14.6. The topological polar surface area (TPSA) is 29.0 Å². The van der Waals surface area contributed by atoms with Crippen LogP contribution in [0.25, 0.3) is 10.2 Å². The molecule has 0 aromatic carbocycles. The Bertz CT molecular complexity index is 713. The number of nitrogens with zero attached hydrogens (tertiary/aromatic N) is 3. The molecule has 4 rings (SSSR count). The third-order valence-corrected chi connectivity index (χ3v) is 6.47. The van der Waals surface area contributed by atoms with Crippen LogP contribution in [-0.4, -0.2) is 23.1 Å². The molecule has 2 aromatic rings. The quantitative estimate of drug-likeness (QED) is 0.782. The fourth-order valence-corrected chi connectivity index (χ4v) is 5.32. The highest BCUT2D eigenvalue weighted by Crippen LogP contribution is 2.41. The van der Waals surface area contributed by atoms with Gasteiger partial charge >= 0.3 is 0 Å². The summed E-state index contributed by atoms with van der Waals surface area (Å²) < 4.78 is 0. The number of hydrogen-bond donors (Lipinski definition) is 0. The number of aryl methyl sites for hydroxylation is 1. The molecule has 23 heavy (non-hydrogen) atoms. The van der Waals surface area contributed by atoms with Crippen LogP contribution in [0.2, 0.25) is 0 Å².